The minimum atomic E-state index is -1.34. The van der Waals surface area contributed by atoms with Crippen molar-refractivity contribution >= 4 is 56.5 Å². The highest BCUT2D eigenvalue weighted by Gasteiger charge is 2.29. The number of nitrogens with zero attached hydrogens (tertiary/aromatic N) is 6. The predicted molar refractivity (Wildman–Crippen MR) is 158 cm³/mol. The third-order valence-corrected chi connectivity index (χ3v) is 7.89. The van der Waals surface area contributed by atoms with Gasteiger partial charge in [0.15, 0.2) is 5.69 Å². The highest BCUT2D eigenvalue weighted by atomic mass is 32.1. The summed E-state index contributed by atoms with van der Waals surface area (Å²) in [6.45, 7) is 2.15. The van der Waals surface area contributed by atoms with Gasteiger partial charge in [-0.1, -0.05) is 0 Å². The number of carboxylic acid groups (broad SMARTS) is 1. The molecule has 2 fully saturated rings. The Bertz CT molecular complexity index is 1860. The number of benzene rings is 2. The van der Waals surface area contributed by atoms with Gasteiger partial charge in [-0.2, -0.15) is 0 Å². The average molecular weight is 612 g/mol. The van der Waals surface area contributed by atoms with Crippen LogP contribution in [0.4, 0.5) is 20.2 Å². The molecule has 0 atom stereocenters. The van der Waals surface area contributed by atoms with Crippen molar-refractivity contribution in [2.24, 2.45) is 10.2 Å². The molecule has 2 aromatic carbocycles. The van der Waals surface area contributed by atoms with Crippen molar-refractivity contribution in [2.45, 2.75) is 25.6 Å². The van der Waals surface area contributed by atoms with Gasteiger partial charge in [0.25, 0.3) is 0 Å². The molecular formula is C28H27F2N7O5S. The fourth-order valence-corrected chi connectivity index (χ4v) is 5.60. The predicted octanol–water partition coefficient (Wildman–Crippen LogP) is 4.27. The molecule has 224 valence electrons. The van der Waals surface area contributed by atoms with Crippen LogP contribution in [-0.4, -0.2) is 68.6 Å². The molecule has 15 heteroatoms. The van der Waals surface area contributed by atoms with Crippen molar-refractivity contribution in [3.05, 3.63) is 63.9 Å². The van der Waals surface area contributed by atoms with E-state index in [9.17, 15) is 24.2 Å². The van der Waals surface area contributed by atoms with Crippen LogP contribution in [0.1, 0.15) is 29.2 Å². The topological polar surface area (TPSA) is 137 Å². The van der Waals surface area contributed by atoms with Crippen LogP contribution in [0, 0.1) is 11.6 Å². The standard InChI is InChI=1S/C28H27F2N7O5S/c1-42-33-28(43)32-31-24-17-10-15(29)2-5-21(17)37(26(24)39)14-34-6-8-35(9-7-34)23-12-22-18(11-20(23)30)25(38)19(27(40)41)13-36(22)16-3-4-16/h2,5,10-13,16,39H,3-4,6-9,14H2,1H3,(H,33,43)(H,40,41). The molecule has 12 nitrogen and oxygen atoms in total. The molecule has 1 saturated heterocycles. The summed E-state index contributed by atoms with van der Waals surface area (Å²) in [5, 5.41) is 28.7. The first-order chi connectivity index (χ1) is 20.7. The molecule has 1 aliphatic carbocycles. The van der Waals surface area contributed by atoms with Gasteiger partial charge in [0.05, 0.1) is 30.5 Å². The molecule has 0 radical (unpaired) electrons. The molecule has 0 spiro atoms. The molecule has 3 N–H and O–H groups in total. The van der Waals surface area contributed by atoms with Crippen LogP contribution in [0.2, 0.25) is 0 Å². The summed E-state index contributed by atoms with van der Waals surface area (Å²) >= 11 is 4.97. The third kappa shape index (κ3) is 5.42. The number of hydroxylamine groups is 1. The summed E-state index contributed by atoms with van der Waals surface area (Å²) in [4.78, 5) is 33.1. The highest BCUT2D eigenvalue weighted by Crippen LogP contribution is 2.40. The lowest BCUT2D eigenvalue weighted by Gasteiger charge is -2.36. The van der Waals surface area contributed by atoms with Crippen LogP contribution >= 0.6 is 12.2 Å². The Hall–Kier alpha value is -4.47. The maximum atomic E-state index is 15.4. The summed E-state index contributed by atoms with van der Waals surface area (Å²) in [5.74, 6) is -2.66. The number of fused-ring (bicyclic) bond motifs is 2. The number of aromatic nitrogens is 2. The Kier molecular flexibility index (Phi) is 7.54. The zero-order valence-corrected chi connectivity index (χ0v) is 23.8. The Morgan fingerprint density at radius 1 is 1.12 bits per heavy atom. The molecule has 3 heterocycles. The van der Waals surface area contributed by atoms with Crippen LogP contribution < -0.4 is 15.8 Å². The molecule has 1 saturated carbocycles. The van der Waals surface area contributed by atoms with Gasteiger partial charge in [-0.25, -0.2) is 19.1 Å². The summed E-state index contributed by atoms with van der Waals surface area (Å²) in [5.41, 5.74) is 2.71. The number of azo groups is 1. The van der Waals surface area contributed by atoms with E-state index in [0.29, 0.717) is 48.3 Å². The van der Waals surface area contributed by atoms with Crippen LogP contribution in [0.15, 0.2) is 51.6 Å². The minimum absolute atomic E-state index is 0.0461. The van der Waals surface area contributed by atoms with E-state index in [0.717, 1.165) is 18.9 Å². The van der Waals surface area contributed by atoms with Gasteiger partial charge in [-0.05, 0) is 55.4 Å². The van der Waals surface area contributed by atoms with Crippen molar-refractivity contribution in [2.75, 3.05) is 38.2 Å². The zero-order chi connectivity index (χ0) is 30.4. The number of rotatable bonds is 7. The van der Waals surface area contributed by atoms with E-state index in [-0.39, 0.29) is 40.3 Å². The second kappa shape index (κ2) is 11.3. The number of thiocarbonyl (C=S) groups is 1. The first-order valence-corrected chi connectivity index (χ1v) is 13.9. The monoisotopic (exact) mass is 611 g/mol. The number of piperazine rings is 1. The number of carboxylic acids is 1. The molecule has 2 aromatic heterocycles. The summed E-state index contributed by atoms with van der Waals surface area (Å²) < 4.78 is 32.9. The largest absolute Gasteiger partial charge is 0.493 e. The molecule has 6 rings (SSSR count). The van der Waals surface area contributed by atoms with Gasteiger partial charge in [0.2, 0.25) is 16.4 Å². The number of pyridine rings is 1. The minimum Gasteiger partial charge on any atom is -0.493 e. The maximum absolute atomic E-state index is 15.4. The van der Waals surface area contributed by atoms with Crippen molar-refractivity contribution in [1.29, 1.82) is 0 Å². The first kappa shape index (κ1) is 28.6. The van der Waals surface area contributed by atoms with Gasteiger partial charge in [-0.3, -0.25) is 19.1 Å². The van der Waals surface area contributed by atoms with Crippen molar-refractivity contribution in [3.8, 4) is 5.88 Å². The van der Waals surface area contributed by atoms with Crippen molar-refractivity contribution in [1.82, 2.24) is 19.5 Å². The van der Waals surface area contributed by atoms with Gasteiger partial charge in [0.1, 0.15) is 17.2 Å². The van der Waals surface area contributed by atoms with Crippen molar-refractivity contribution < 1.29 is 28.6 Å². The smallest absolute Gasteiger partial charge is 0.341 e. The number of hydrogen-bond acceptors (Lipinski definition) is 8. The molecular weight excluding hydrogens is 584 g/mol. The van der Waals surface area contributed by atoms with Crippen molar-refractivity contribution in [3.63, 3.8) is 0 Å². The molecule has 2 aliphatic rings. The Balaban J connectivity index is 1.25. The van der Waals surface area contributed by atoms with E-state index in [1.54, 1.807) is 21.3 Å². The molecule has 0 unspecified atom stereocenters. The van der Waals surface area contributed by atoms with Crippen LogP contribution in [-0.2, 0) is 11.5 Å². The van der Waals surface area contributed by atoms with E-state index >= 15 is 4.39 Å². The number of aromatic carboxylic acids is 1. The lowest BCUT2D eigenvalue weighted by atomic mass is 10.1. The molecule has 0 bridgehead atoms. The van der Waals surface area contributed by atoms with Gasteiger partial charge >= 0.3 is 5.97 Å². The zero-order valence-electron chi connectivity index (χ0n) is 23.0. The number of halogens is 2. The summed E-state index contributed by atoms with van der Waals surface area (Å²) in [7, 11) is 1.36. The normalized spacial score (nSPS) is 16.0. The maximum Gasteiger partial charge on any atom is 0.341 e. The SMILES string of the molecule is CONC(=S)N=Nc1c(O)n(CN2CCN(c3cc4c(cc3F)c(=O)c(C(=O)O)cn4C3CC3)CC2)c2ccc(F)cc12. The molecule has 4 aromatic rings. The fourth-order valence-electron chi connectivity index (χ4n) is 5.48. The van der Waals surface area contributed by atoms with E-state index in [4.69, 9.17) is 17.1 Å². The molecule has 1 aliphatic heterocycles. The Labute approximate surface area is 248 Å². The number of nitrogens with one attached hydrogen (secondary N) is 1. The van der Waals surface area contributed by atoms with E-state index in [1.807, 2.05) is 4.90 Å². The fraction of sp³-hybridized carbons (Fsp3) is 0.321. The third-order valence-electron chi connectivity index (χ3n) is 7.73. The number of carbonyl (C=O) groups is 1. The second-order valence-electron chi connectivity index (χ2n) is 10.5. The number of aromatic hydroxyl groups is 1. The Morgan fingerprint density at radius 2 is 1.86 bits per heavy atom. The highest BCUT2D eigenvalue weighted by molar-refractivity contribution is 7.80. The van der Waals surface area contributed by atoms with E-state index in [2.05, 4.69) is 20.6 Å². The number of anilines is 1. The number of hydrogen-bond donors (Lipinski definition) is 3. The lowest BCUT2D eigenvalue weighted by Crippen LogP contribution is -2.47. The van der Waals surface area contributed by atoms with Crippen LogP contribution in [0.25, 0.3) is 21.8 Å². The van der Waals surface area contributed by atoms with Gasteiger partial charge in [-0.15, -0.1) is 10.2 Å². The molecule has 43 heavy (non-hydrogen) atoms. The first-order valence-electron chi connectivity index (χ1n) is 13.5. The Morgan fingerprint density at radius 3 is 2.53 bits per heavy atom. The summed E-state index contributed by atoms with van der Waals surface area (Å²) in [6, 6.07) is 6.93. The van der Waals surface area contributed by atoms with E-state index < -0.39 is 23.0 Å². The van der Waals surface area contributed by atoms with Crippen LogP contribution in [0.5, 0.6) is 5.88 Å². The average Bonchev–Trinajstić information content (AvgIpc) is 3.79. The summed E-state index contributed by atoms with van der Waals surface area (Å²) in [6.07, 6.45) is 3.07. The van der Waals surface area contributed by atoms with Gasteiger partial charge in [0, 0.05) is 49.2 Å². The van der Waals surface area contributed by atoms with Crippen LogP contribution in [0.3, 0.4) is 0 Å². The molecule has 0 amide bonds. The van der Waals surface area contributed by atoms with E-state index in [1.165, 1.54) is 25.4 Å². The quantitative estimate of drug-likeness (QED) is 0.159. The van der Waals surface area contributed by atoms with Gasteiger partial charge < -0.3 is 19.7 Å². The lowest BCUT2D eigenvalue weighted by molar-refractivity contribution is 0.0694. The second-order valence-corrected chi connectivity index (χ2v) is 10.8.